The summed E-state index contributed by atoms with van der Waals surface area (Å²) < 4.78 is 0. The predicted octanol–water partition coefficient (Wildman–Crippen LogP) is 2.34. The molecule has 0 aliphatic heterocycles. The van der Waals surface area contributed by atoms with E-state index in [-0.39, 0.29) is 10.6 Å². The van der Waals surface area contributed by atoms with Gasteiger partial charge in [-0.05, 0) is 25.5 Å². The van der Waals surface area contributed by atoms with Crippen molar-refractivity contribution in [3.63, 3.8) is 0 Å². The first kappa shape index (κ1) is 9.51. The predicted molar refractivity (Wildman–Crippen MR) is 52.0 cm³/mol. The lowest BCUT2D eigenvalue weighted by Gasteiger charge is -2.04. The lowest BCUT2D eigenvalue weighted by Crippen LogP contribution is -2.01. The number of benzene rings is 1. The fraction of sp³-hybridized carbons (Fsp3) is 0.333. The lowest BCUT2D eigenvalue weighted by molar-refractivity contribution is -0.384. The van der Waals surface area contributed by atoms with Gasteiger partial charge in [-0.2, -0.15) is 0 Å². The Morgan fingerprint density at radius 2 is 2.23 bits per heavy atom. The van der Waals surface area contributed by atoms with Crippen molar-refractivity contribution in [2.24, 2.45) is 0 Å². The van der Waals surface area contributed by atoms with Crippen molar-refractivity contribution in [3.05, 3.63) is 33.9 Å². The third-order valence-corrected chi connectivity index (χ3v) is 1.72. The SMILES string of the molecule is CCNc1ccc(C)cc1[N+](=O)[O-]. The van der Waals surface area contributed by atoms with Gasteiger partial charge >= 0.3 is 0 Å². The van der Waals surface area contributed by atoms with Gasteiger partial charge in [-0.1, -0.05) is 6.07 Å². The van der Waals surface area contributed by atoms with Gasteiger partial charge in [0.2, 0.25) is 0 Å². The maximum absolute atomic E-state index is 10.6. The second-order valence-corrected chi connectivity index (χ2v) is 2.81. The molecule has 0 spiro atoms. The minimum Gasteiger partial charge on any atom is -0.380 e. The minimum absolute atomic E-state index is 0.141. The number of nitro groups is 1. The molecule has 0 aliphatic rings. The fourth-order valence-electron chi connectivity index (χ4n) is 1.13. The third kappa shape index (κ3) is 2.18. The molecular weight excluding hydrogens is 168 g/mol. The molecule has 4 nitrogen and oxygen atoms in total. The molecule has 1 aromatic rings. The van der Waals surface area contributed by atoms with E-state index >= 15 is 0 Å². The van der Waals surface area contributed by atoms with E-state index in [1.54, 1.807) is 12.1 Å². The largest absolute Gasteiger partial charge is 0.380 e. The Bertz CT molecular complexity index is 323. The Kier molecular flexibility index (Phi) is 2.84. The first-order valence-electron chi connectivity index (χ1n) is 4.14. The van der Waals surface area contributed by atoms with Crippen LogP contribution < -0.4 is 5.32 Å². The van der Waals surface area contributed by atoms with Gasteiger partial charge in [0, 0.05) is 12.6 Å². The highest BCUT2D eigenvalue weighted by molar-refractivity contribution is 5.62. The van der Waals surface area contributed by atoms with Crippen LogP contribution in [0.5, 0.6) is 0 Å². The maximum atomic E-state index is 10.6. The molecule has 13 heavy (non-hydrogen) atoms. The molecule has 0 saturated carbocycles. The van der Waals surface area contributed by atoms with E-state index in [2.05, 4.69) is 5.32 Å². The van der Waals surface area contributed by atoms with Gasteiger partial charge in [-0.3, -0.25) is 10.1 Å². The van der Waals surface area contributed by atoms with Crippen molar-refractivity contribution in [1.82, 2.24) is 0 Å². The molecule has 1 rings (SSSR count). The molecule has 0 aliphatic carbocycles. The van der Waals surface area contributed by atoms with E-state index in [4.69, 9.17) is 0 Å². The maximum Gasteiger partial charge on any atom is 0.292 e. The number of nitrogens with zero attached hydrogens (tertiary/aromatic N) is 1. The van der Waals surface area contributed by atoms with Crippen LogP contribution in [0.2, 0.25) is 0 Å². The van der Waals surface area contributed by atoms with Crippen molar-refractivity contribution in [2.75, 3.05) is 11.9 Å². The van der Waals surface area contributed by atoms with E-state index in [0.29, 0.717) is 12.2 Å². The van der Waals surface area contributed by atoms with Gasteiger partial charge in [0.25, 0.3) is 5.69 Å². The number of nitrogens with one attached hydrogen (secondary N) is 1. The molecule has 0 saturated heterocycles. The Morgan fingerprint density at radius 3 is 2.77 bits per heavy atom. The molecule has 0 amide bonds. The first-order valence-corrected chi connectivity index (χ1v) is 4.14. The van der Waals surface area contributed by atoms with Crippen LogP contribution in [-0.4, -0.2) is 11.5 Å². The van der Waals surface area contributed by atoms with Gasteiger partial charge in [0.1, 0.15) is 5.69 Å². The van der Waals surface area contributed by atoms with Crippen LogP contribution in [0.4, 0.5) is 11.4 Å². The van der Waals surface area contributed by atoms with E-state index in [1.165, 1.54) is 0 Å². The molecular formula is C9H12N2O2. The Labute approximate surface area is 76.7 Å². The van der Waals surface area contributed by atoms with Gasteiger partial charge in [0.05, 0.1) is 4.92 Å². The summed E-state index contributed by atoms with van der Waals surface area (Å²) in [5.74, 6) is 0. The molecule has 4 heteroatoms. The van der Waals surface area contributed by atoms with Crippen molar-refractivity contribution in [3.8, 4) is 0 Å². The average molecular weight is 180 g/mol. The standard InChI is InChI=1S/C9H12N2O2/c1-3-10-8-5-4-7(2)6-9(8)11(12)13/h4-6,10H,3H2,1-2H3. The smallest absolute Gasteiger partial charge is 0.292 e. The molecule has 0 atom stereocenters. The summed E-state index contributed by atoms with van der Waals surface area (Å²) in [5, 5.41) is 13.6. The lowest BCUT2D eigenvalue weighted by atomic mass is 10.2. The van der Waals surface area contributed by atoms with Crippen LogP contribution >= 0.6 is 0 Å². The highest BCUT2D eigenvalue weighted by Crippen LogP contribution is 2.24. The Balaban J connectivity index is 3.10. The number of hydrogen-bond donors (Lipinski definition) is 1. The summed E-state index contributed by atoms with van der Waals surface area (Å²) in [7, 11) is 0. The van der Waals surface area contributed by atoms with Gasteiger partial charge < -0.3 is 5.32 Å². The summed E-state index contributed by atoms with van der Waals surface area (Å²) in [5.41, 5.74) is 1.62. The summed E-state index contributed by atoms with van der Waals surface area (Å²) in [6, 6.07) is 5.15. The van der Waals surface area contributed by atoms with Crippen LogP contribution in [0, 0.1) is 17.0 Å². The molecule has 0 radical (unpaired) electrons. The molecule has 0 unspecified atom stereocenters. The van der Waals surface area contributed by atoms with E-state index in [1.807, 2.05) is 19.9 Å². The van der Waals surface area contributed by atoms with Crippen LogP contribution in [0.3, 0.4) is 0 Å². The first-order chi connectivity index (χ1) is 6.15. The summed E-state index contributed by atoms with van der Waals surface area (Å²) in [6.07, 6.45) is 0. The van der Waals surface area contributed by atoms with Crippen LogP contribution in [0.15, 0.2) is 18.2 Å². The zero-order valence-corrected chi connectivity index (χ0v) is 7.70. The van der Waals surface area contributed by atoms with Gasteiger partial charge in [-0.15, -0.1) is 0 Å². The molecule has 0 fully saturated rings. The number of hydrogen-bond acceptors (Lipinski definition) is 3. The summed E-state index contributed by atoms with van der Waals surface area (Å²) in [6.45, 7) is 4.43. The number of nitro benzene ring substituents is 1. The highest BCUT2D eigenvalue weighted by Gasteiger charge is 2.11. The van der Waals surface area contributed by atoms with E-state index in [0.717, 1.165) is 5.56 Å². The normalized spacial score (nSPS) is 9.69. The van der Waals surface area contributed by atoms with Crippen molar-refractivity contribution < 1.29 is 4.92 Å². The second-order valence-electron chi connectivity index (χ2n) is 2.81. The number of aryl methyl sites for hydroxylation is 1. The monoisotopic (exact) mass is 180 g/mol. The fourth-order valence-corrected chi connectivity index (χ4v) is 1.13. The van der Waals surface area contributed by atoms with Crippen LogP contribution in [0.1, 0.15) is 12.5 Å². The molecule has 0 bridgehead atoms. The molecule has 0 heterocycles. The third-order valence-electron chi connectivity index (χ3n) is 1.72. The van der Waals surface area contributed by atoms with Crippen molar-refractivity contribution in [2.45, 2.75) is 13.8 Å². The van der Waals surface area contributed by atoms with Crippen molar-refractivity contribution >= 4 is 11.4 Å². The molecule has 1 aromatic carbocycles. The molecule has 1 N–H and O–H groups in total. The topological polar surface area (TPSA) is 55.2 Å². The Morgan fingerprint density at radius 1 is 1.54 bits per heavy atom. The van der Waals surface area contributed by atoms with Crippen LogP contribution in [0.25, 0.3) is 0 Å². The average Bonchev–Trinajstić information content (AvgIpc) is 2.08. The molecule has 0 aromatic heterocycles. The quantitative estimate of drug-likeness (QED) is 0.573. The summed E-state index contributed by atoms with van der Waals surface area (Å²) in [4.78, 5) is 10.2. The highest BCUT2D eigenvalue weighted by atomic mass is 16.6. The Hall–Kier alpha value is -1.58. The zero-order valence-electron chi connectivity index (χ0n) is 7.70. The number of rotatable bonds is 3. The van der Waals surface area contributed by atoms with E-state index < -0.39 is 0 Å². The van der Waals surface area contributed by atoms with Crippen LogP contribution in [-0.2, 0) is 0 Å². The van der Waals surface area contributed by atoms with Crippen molar-refractivity contribution in [1.29, 1.82) is 0 Å². The summed E-state index contributed by atoms with van der Waals surface area (Å²) >= 11 is 0. The second kappa shape index (κ2) is 3.89. The van der Waals surface area contributed by atoms with E-state index in [9.17, 15) is 10.1 Å². The molecule has 70 valence electrons. The zero-order chi connectivity index (χ0) is 9.84. The van der Waals surface area contributed by atoms with Gasteiger partial charge in [0.15, 0.2) is 0 Å². The number of anilines is 1. The minimum atomic E-state index is -0.370. The van der Waals surface area contributed by atoms with Gasteiger partial charge in [-0.25, -0.2) is 0 Å².